The van der Waals surface area contributed by atoms with Gasteiger partial charge in [0, 0.05) is 28.6 Å². The number of benzene rings is 1. The van der Waals surface area contributed by atoms with Crippen LogP contribution in [-0.4, -0.2) is 28.9 Å². The average Bonchev–Trinajstić information content (AvgIpc) is 3.28. The fourth-order valence-corrected chi connectivity index (χ4v) is 4.03. The summed E-state index contributed by atoms with van der Waals surface area (Å²) in [6.07, 6.45) is 3.95. The number of hydrogen-bond donors (Lipinski definition) is 2. The predicted octanol–water partition coefficient (Wildman–Crippen LogP) is 3.52. The summed E-state index contributed by atoms with van der Waals surface area (Å²) in [4.78, 5) is 28.2. The number of thiazole rings is 1. The van der Waals surface area contributed by atoms with Crippen LogP contribution in [0.3, 0.4) is 0 Å². The maximum Gasteiger partial charge on any atom is 0.293 e. The molecule has 3 heterocycles. The third-order valence-corrected chi connectivity index (χ3v) is 5.50. The number of anilines is 1. The molecule has 0 unspecified atom stereocenters. The van der Waals surface area contributed by atoms with Crippen molar-refractivity contribution >= 4 is 39.0 Å². The number of aromatic nitrogens is 1. The van der Waals surface area contributed by atoms with E-state index in [0.717, 1.165) is 25.9 Å². The number of nitrogens with zero attached hydrogens (tertiary/aromatic N) is 2. The molecular formula is C17H16N4O4S. The molecule has 8 nitrogen and oxygen atoms in total. The van der Waals surface area contributed by atoms with Gasteiger partial charge in [-0.3, -0.25) is 20.2 Å². The number of nitro benzene ring substituents is 1. The first-order valence-electron chi connectivity index (χ1n) is 8.26. The van der Waals surface area contributed by atoms with Gasteiger partial charge in [-0.15, -0.1) is 11.3 Å². The number of rotatable bonds is 4. The van der Waals surface area contributed by atoms with Gasteiger partial charge in [-0.25, -0.2) is 4.98 Å². The second kappa shape index (κ2) is 6.85. The van der Waals surface area contributed by atoms with Gasteiger partial charge in [-0.2, -0.15) is 0 Å². The van der Waals surface area contributed by atoms with E-state index in [0.29, 0.717) is 22.0 Å². The molecule has 1 saturated heterocycles. The Balaban J connectivity index is 1.50. The van der Waals surface area contributed by atoms with Crippen LogP contribution in [0.2, 0.25) is 0 Å². The number of furan rings is 1. The van der Waals surface area contributed by atoms with E-state index in [-0.39, 0.29) is 11.4 Å². The molecule has 2 aromatic heterocycles. The second-order valence-electron chi connectivity index (χ2n) is 6.14. The van der Waals surface area contributed by atoms with Crippen molar-refractivity contribution < 1.29 is 14.1 Å². The Morgan fingerprint density at radius 2 is 2.15 bits per heavy atom. The van der Waals surface area contributed by atoms with Crippen molar-refractivity contribution in [2.24, 2.45) is 0 Å². The lowest BCUT2D eigenvalue weighted by atomic mass is 9.97. The number of nitrogens with one attached hydrogen (secondary N) is 2. The van der Waals surface area contributed by atoms with Gasteiger partial charge in [0.1, 0.15) is 5.58 Å². The van der Waals surface area contributed by atoms with E-state index < -0.39 is 10.8 Å². The molecule has 1 amide bonds. The van der Waals surface area contributed by atoms with Crippen LogP contribution < -0.4 is 10.6 Å². The molecule has 1 aliphatic heterocycles. The molecule has 0 aliphatic carbocycles. The zero-order valence-corrected chi connectivity index (χ0v) is 14.5. The van der Waals surface area contributed by atoms with Gasteiger partial charge >= 0.3 is 0 Å². The fraction of sp³-hybridized carbons (Fsp3) is 0.294. The van der Waals surface area contributed by atoms with Gasteiger partial charge < -0.3 is 9.73 Å². The molecule has 3 aromatic rings. The van der Waals surface area contributed by atoms with Crippen molar-refractivity contribution in [2.45, 2.75) is 18.8 Å². The highest BCUT2D eigenvalue weighted by Crippen LogP contribution is 2.32. The van der Waals surface area contributed by atoms with E-state index in [1.165, 1.54) is 40.5 Å². The Kier molecular flexibility index (Phi) is 4.39. The quantitative estimate of drug-likeness (QED) is 0.535. The van der Waals surface area contributed by atoms with Crippen molar-refractivity contribution in [3.63, 3.8) is 0 Å². The minimum absolute atomic E-state index is 0.0446. The second-order valence-corrected chi connectivity index (χ2v) is 7.20. The van der Waals surface area contributed by atoms with E-state index >= 15 is 0 Å². The highest BCUT2D eigenvalue weighted by molar-refractivity contribution is 7.15. The van der Waals surface area contributed by atoms with Crippen molar-refractivity contribution in [2.75, 3.05) is 18.4 Å². The summed E-state index contributed by atoms with van der Waals surface area (Å²) in [6, 6.07) is 5.72. The summed E-state index contributed by atoms with van der Waals surface area (Å²) < 4.78 is 5.49. The van der Waals surface area contributed by atoms with E-state index in [2.05, 4.69) is 15.6 Å². The normalized spacial score (nSPS) is 15.2. The summed E-state index contributed by atoms with van der Waals surface area (Å²) in [6.45, 7) is 1.99. The van der Waals surface area contributed by atoms with Gasteiger partial charge in [0.05, 0.1) is 4.92 Å². The molecule has 0 atom stereocenters. The Labute approximate surface area is 152 Å². The van der Waals surface area contributed by atoms with Gasteiger partial charge in [0.25, 0.3) is 11.6 Å². The highest BCUT2D eigenvalue weighted by atomic mass is 32.1. The summed E-state index contributed by atoms with van der Waals surface area (Å²) in [5, 5.41) is 17.9. The molecule has 1 aromatic carbocycles. The standard InChI is InChI=1S/C17H16N4O4S/c22-16(14-8-11-7-12(21(23)24)1-2-13(11)25-14)20-17-19-9-15(26-17)10-3-5-18-6-4-10/h1-2,7-10,18H,3-6H2,(H,19,20,22). The van der Waals surface area contributed by atoms with Crippen molar-refractivity contribution in [1.29, 1.82) is 0 Å². The van der Waals surface area contributed by atoms with Crippen LogP contribution in [0.1, 0.15) is 34.2 Å². The first-order chi connectivity index (χ1) is 12.6. The molecule has 4 rings (SSSR count). The smallest absolute Gasteiger partial charge is 0.293 e. The number of non-ortho nitro benzene ring substituents is 1. The maximum atomic E-state index is 12.4. The molecule has 1 fully saturated rings. The molecule has 2 N–H and O–H groups in total. The third-order valence-electron chi connectivity index (χ3n) is 4.42. The molecule has 134 valence electrons. The average molecular weight is 372 g/mol. The van der Waals surface area contributed by atoms with Crippen LogP contribution in [0.25, 0.3) is 11.0 Å². The molecule has 0 radical (unpaired) electrons. The summed E-state index contributed by atoms with van der Waals surface area (Å²) >= 11 is 1.47. The van der Waals surface area contributed by atoms with Crippen LogP contribution in [0.15, 0.2) is 34.9 Å². The Hall–Kier alpha value is -2.78. The summed E-state index contributed by atoms with van der Waals surface area (Å²) in [5.74, 6) is 0.153. The number of piperidine rings is 1. The first-order valence-corrected chi connectivity index (χ1v) is 9.07. The fourth-order valence-electron chi connectivity index (χ4n) is 3.05. The maximum absolute atomic E-state index is 12.4. The molecule has 0 bridgehead atoms. The lowest BCUT2D eigenvalue weighted by molar-refractivity contribution is -0.384. The number of amides is 1. The summed E-state index contributed by atoms with van der Waals surface area (Å²) in [7, 11) is 0. The van der Waals surface area contributed by atoms with Gasteiger partial charge in [0.2, 0.25) is 0 Å². The van der Waals surface area contributed by atoms with Crippen LogP contribution in [0.4, 0.5) is 10.8 Å². The molecule has 0 saturated carbocycles. The molecule has 9 heteroatoms. The topological polar surface area (TPSA) is 110 Å². The number of hydrogen-bond acceptors (Lipinski definition) is 7. The third kappa shape index (κ3) is 3.31. The largest absolute Gasteiger partial charge is 0.451 e. The van der Waals surface area contributed by atoms with Crippen LogP contribution in [-0.2, 0) is 0 Å². The number of nitro groups is 1. The minimum Gasteiger partial charge on any atom is -0.451 e. The number of carbonyl (C=O) groups is 1. The monoisotopic (exact) mass is 372 g/mol. The van der Waals surface area contributed by atoms with Gasteiger partial charge in [-0.1, -0.05) is 0 Å². The van der Waals surface area contributed by atoms with Crippen LogP contribution in [0, 0.1) is 10.1 Å². The first kappa shape index (κ1) is 16.7. The number of carbonyl (C=O) groups excluding carboxylic acids is 1. The zero-order chi connectivity index (χ0) is 18.1. The van der Waals surface area contributed by atoms with Gasteiger partial charge in [0.15, 0.2) is 10.9 Å². The Bertz CT molecular complexity index is 974. The molecule has 0 spiro atoms. The van der Waals surface area contributed by atoms with Crippen molar-refractivity contribution in [3.05, 3.63) is 51.2 Å². The summed E-state index contributed by atoms with van der Waals surface area (Å²) in [5.41, 5.74) is 0.382. The van der Waals surface area contributed by atoms with E-state index in [1.807, 2.05) is 6.20 Å². The Morgan fingerprint density at radius 1 is 1.35 bits per heavy atom. The molecule has 1 aliphatic rings. The predicted molar refractivity (Wildman–Crippen MR) is 97.8 cm³/mol. The van der Waals surface area contributed by atoms with E-state index in [4.69, 9.17) is 4.42 Å². The minimum atomic E-state index is -0.482. The lowest BCUT2D eigenvalue weighted by Gasteiger charge is -2.20. The van der Waals surface area contributed by atoms with Crippen LogP contribution in [0.5, 0.6) is 0 Å². The van der Waals surface area contributed by atoms with Gasteiger partial charge in [-0.05, 0) is 44.0 Å². The molecule has 26 heavy (non-hydrogen) atoms. The highest BCUT2D eigenvalue weighted by Gasteiger charge is 2.20. The van der Waals surface area contributed by atoms with E-state index in [1.54, 1.807) is 0 Å². The Morgan fingerprint density at radius 3 is 2.92 bits per heavy atom. The zero-order valence-electron chi connectivity index (χ0n) is 13.7. The van der Waals surface area contributed by atoms with Crippen LogP contribution >= 0.6 is 11.3 Å². The van der Waals surface area contributed by atoms with Crippen molar-refractivity contribution in [1.82, 2.24) is 10.3 Å². The lowest BCUT2D eigenvalue weighted by Crippen LogP contribution is -2.26. The molecular weight excluding hydrogens is 356 g/mol. The van der Waals surface area contributed by atoms with Crippen molar-refractivity contribution in [3.8, 4) is 0 Å². The SMILES string of the molecule is O=C(Nc1ncc(C2CCNCC2)s1)c1cc2cc([N+](=O)[O-])ccc2o1. The van der Waals surface area contributed by atoms with E-state index in [9.17, 15) is 14.9 Å². The number of fused-ring (bicyclic) bond motifs is 1.